The molecule has 0 aromatic carbocycles. The van der Waals surface area contributed by atoms with E-state index < -0.39 is 17.5 Å². The van der Waals surface area contributed by atoms with Gasteiger partial charge in [0, 0.05) is 0 Å². The van der Waals surface area contributed by atoms with Crippen LogP contribution in [0.1, 0.15) is 104 Å². The van der Waals surface area contributed by atoms with Crippen LogP contribution in [0, 0.1) is 0 Å². The highest BCUT2D eigenvalue weighted by atomic mass is 16.6. The molecule has 1 atom stereocenters. The van der Waals surface area contributed by atoms with Crippen LogP contribution in [0.4, 0.5) is 0 Å². The van der Waals surface area contributed by atoms with Crippen molar-refractivity contribution >= 4 is 11.9 Å². The summed E-state index contributed by atoms with van der Waals surface area (Å²) >= 11 is 0. The fourth-order valence-corrected chi connectivity index (χ4v) is 2.68. The van der Waals surface area contributed by atoms with Crippen LogP contribution >= 0.6 is 0 Å². The Balaban J connectivity index is 3.78. The van der Waals surface area contributed by atoms with Crippen LogP contribution in [0.25, 0.3) is 0 Å². The van der Waals surface area contributed by atoms with E-state index in [1.165, 1.54) is 45.4 Å². The van der Waals surface area contributed by atoms with Crippen molar-refractivity contribution in [2.75, 3.05) is 13.2 Å². The van der Waals surface area contributed by atoms with Crippen LogP contribution < -0.4 is 0 Å². The first-order valence-electron chi connectivity index (χ1n) is 10.5. The third-order valence-corrected chi connectivity index (χ3v) is 4.42. The molecule has 5 nitrogen and oxygen atoms in total. The smallest absolute Gasteiger partial charge is 0.338 e. The normalized spacial score (nSPS) is 13.2. The predicted molar refractivity (Wildman–Crippen MR) is 104 cm³/mol. The van der Waals surface area contributed by atoms with Crippen molar-refractivity contribution < 1.29 is 24.2 Å². The zero-order valence-corrected chi connectivity index (χ0v) is 17.2. The van der Waals surface area contributed by atoms with Crippen LogP contribution in [0.5, 0.6) is 0 Å². The average molecular weight is 373 g/mol. The van der Waals surface area contributed by atoms with Crippen molar-refractivity contribution in [2.24, 2.45) is 0 Å². The molecule has 0 fully saturated rings. The summed E-state index contributed by atoms with van der Waals surface area (Å²) in [6, 6.07) is 0. The van der Waals surface area contributed by atoms with Crippen LogP contribution in [-0.2, 0) is 19.1 Å². The van der Waals surface area contributed by atoms with E-state index in [1.807, 2.05) is 0 Å². The molecule has 5 heteroatoms. The first-order valence-corrected chi connectivity index (χ1v) is 10.5. The molecule has 1 N–H and O–H groups in total. The molecule has 0 aromatic rings. The molecule has 0 rings (SSSR count). The minimum Gasteiger partial charge on any atom is -0.466 e. The van der Waals surface area contributed by atoms with Gasteiger partial charge in [0.1, 0.15) is 0 Å². The van der Waals surface area contributed by atoms with E-state index in [0.29, 0.717) is 6.61 Å². The third kappa shape index (κ3) is 14.1. The molecule has 0 saturated heterocycles. The summed E-state index contributed by atoms with van der Waals surface area (Å²) in [5.74, 6) is -1.30. The summed E-state index contributed by atoms with van der Waals surface area (Å²) in [6.45, 7) is 6.28. The Kier molecular flexibility index (Phi) is 15.4. The Bertz CT molecular complexity index is 365. The van der Waals surface area contributed by atoms with Crippen LogP contribution in [-0.4, -0.2) is 35.9 Å². The molecule has 0 aromatic heterocycles. The van der Waals surface area contributed by atoms with Gasteiger partial charge in [0.2, 0.25) is 0 Å². The topological polar surface area (TPSA) is 72.8 Å². The van der Waals surface area contributed by atoms with Gasteiger partial charge in [0.25, 0.3) is 0 Å². The highest BCUT2D eigenvalue weighted by molar-refractivity contribution is 5.85. The molecule has 0 aliphatic carbocycles. The molecule has 0 saturated carbocycles. The van der Waals surface area contributed by atoms with Crippen molar-refractivity contribution in [1.82, 2.24) is 0 Å². The Morgan fingerprint density at radius 1 is 0.731 bits per heavy atom. The summed E-state index contributed by atoms with van der Waals surface area (Å²) in [5.41, 5.74) is -1.82. The molecule has 154 valence electrons. The fraction of sp³-hybridized carbons (Fsp3) is 0.905. The number of esters is 2. The summed E-state index contributed by atoms with van der Waals surface area (Å²) in [7, 11) is 0. The maximum Gasteiger partial charge on any atom is 0.338 e. The Hall–Kier alpha value is -1.10. The van der Waals surface area contributed by atoms with Gasteiger partial charge in [0.05, 0.1) is 19.6 Å². The number of rotatable bonds is 17. The third-order valence-electron chi connectivity index (χ3n) is 4.42. The van der Waals surface area contributed by atoms with Gasteiger partial charge in [-0.3, -0.25) is 4.79 Å². The van der Waals surface area contributed by atoms with Gasteiger partial charge in [-0.2, -0.15) is 0 Å². The van der Waals surface area contributed by atoms with Gasteiger partial charge in [0.15, 0.2) is 5.60 Å². The van der Waals surface area contributed by atoms with Crippen LogP contribution in [0.3, 0.4) is 0 Å². The monoisotopic (exact) mass is 372 g/mol. The molecule has 0 spiro atoms. The second kappa shape index (κ2) is 16.1. The maximum atomic E-state index is 11.9. The molecule has 0 aliphatic heterocycles. The number of unbranched alkanes of at least 4 members (excludes halogenated alkanes) is 10. The number of hydrogen-bond acceptors (Lipinski definition) is 5. The van der Waals surface area contributed by atoms with E-state index in [1.54, 1.807) is 0 Å². The molecule has 0 heterocycles. The Labute approximate surface area is 159 Å². The van der Waals surface area contributed by atoms with Gasteiger partial charge < -0.3 is 14.6 Å². The first kappa shape index (κ1) is 24.9. The van der Waals surface area contributed by atoms with E-state index in [9.17, 15) is 14.7 Å². The molecule has 0 amide bonds. The van der Waals surface area contributed by atoms with Gasteiger partial charge in [-0.15, -0.1) is 0 Å². The summed E-state index contributed by atoms with van der Waals surface area (Å²) in [4.78, 5) is 23.7. The number of ether oxygens (including phenoxy) is 2. The first-order chi connectivity index (χ1) is 12.4. The number of hydrogen-bond donors (Lipinski definition) is 1. The number of carbonyl (C=O) groups is 2. The minimum absolute atomic E-state index is 0.286. The summed E-state index contributed by atoms with van der Waals surface area (Å²) < 4.78 is 10.2. The van der Waals surface area contributed by atoms with Gasteiger partial charge in [-0.25, -0.2) is 4.79 Å². The van der Waals surface area contributed by atoms with Gasteiger partial charge >= 0.3 is 11.9 Å². The molecule has 0 aliphatic rings. The molecular weight excluding hydrogens is 332 g/mol. The molecule has 1 unspecified atom stereocenters. The second-order valence-corrected chi connectivity index (χ2v) is 7.34. The lowest BCUT2D eigenvalue weighted by Gasteiger charge is -2.20. The highest BCUT2D eigenvalue weighted by Gasteiger charge is 2.35. The summed E-state index contributed by atoms with van der Waals surface area (Å²) in [5, 5.41) is 10.2. The SMILES string of the molecule is CCCCCCCCOC(=O)CC(C)(O)C(=O)OCCCCCCCC. The van der Waals surface area contributed by atoms with Gasteiger partial charge in [-0.1, -0.05) is 78.1 Å². The zero-order chi connectivity index (χ0) is 19.7. The largest absolute Gasteiger partial charge is 0.466 e. The van der Waals surface area contributed by atoms with Crippen molar-refractivity contribution in [2.45, 2.75) is 110 Å². The average Bonchev–Trinajstić information content (AvgIpc) is 2.59. The second-order valence-electron chi connectivity index (χ2n) is 7.34. The predicted octanol–water partition coefficient (Wildman–Crippen LogP) is 4.93. The van der Waals surface area contributed by atoms with Gasteiger partial charge in [-0.05, 0) is 19.8 Å². The van der Waals surface area contributed by atoms with Crippen molar-refractivity contribution in [3.63, 3.8) is 0 Å². The van der Waals surface area contributed by atoms with Crippen LogP contribution in [0.15, 0.2) is 0 Å². The lowest BCUT2D eigenvalue weighted by atomic mass is 10.0. The summed E-state index contributed by atoms with van der Waals surface area (Å²) in [6.07, 6.45) is 12.9. The van der Waals surface area contributed by atoms with E-state index >= 15 is 0 Å². The lowest BCUT2D eigenvalue weighted by Crippen LogP contribution is -2.39. The minimum atomic E-state index is -1.82. The maximum absolute atomic E-state index is 11.9. The van der Waals surface area contributed by atoms with Crippen molar-refractivity contribution in [3.8, 4) is 0 Å². The van der Waals surface area contributed by atoms with E-state index in [4.69, 9.17) is 9.47 Å². The molecular formula is C21H40O5. The van der Waals surface area contributed by atoms with Crippen molar-refractivity contribution in [3.05, 3.63) is 0 Å². The number of carbonyl (C=O) groups excluding carboxylic acids is 2. The van der Waals surface area contributed by atoms with E-state index in [0.717, 1.165) is 38.5 Å². The molecule has 0 radical (unpaired) electrons. The Morgan fingerprint density at radius 2 is 1.15 bits per heavy atom. The molecule has 0 bridgehead atoms. The quantitative estimate of drug-likeness (QED) is 0.289. The van der Waals surface area contributed by atoms with Crippen LogP contribution in [0.2, 0.25) is 0 Å². The Morgan fingerprint density at radius 3 is 1.65 bits per heavy atom. The van der Waals surface area contributed by atoms with Crippen molar-refractivity contribution in [1.29, 1.82) is 0 Å². The molecule has 26 heavy (non-hydrogen) atoms. The standard InChI is InChI=1S/C21H40O5/c1-4-6-8-10-12-14-16-25-19(22)18-21(3,24)20(23)26-17-15-13-11-9-7-5-2/h24H,4-18H2,1-3H3. The number of aliphatic hydroxyl groups is 1. The zero-order valence-electron chi connectivity index (χ0n) is 17.2. The highest BCUT2D eigenvalue weighted by Crippen LogP contribution is 2.14. The van der Waals surface area contributed by atoms with E-state index in [2.05, 4.69) is 13.8 Å². The van der Waals surface area contributed by atoms with E-state index in [-0.39, 0.29) is 13.0 Å². The fourth-order valence-electron chi connectivity index (χ4n) is 2.68. The lowest BCUT2D eigenvalue weighted by molar-refractivity contribution is -0.170.